The van der Waals surface area contributed by atoms with Gasteiger partial charge in [-0.2, -0.15) is 0 Å². The molecule has 3 aromatic rings. The summed E-state index contributed by atoms with van der Waals surface area (Å²) in [5.41, 5.74) is 3.85. The average Bonchev–Trinajstić information content (AvgIpc) is 2.62. The lowest BCUT2D eigenvalue weighted by atomic mass is 10.2. The van der Waals surface area contributed by atoms with Crippen molar-refractivity contribution in [3.63, 3.8) is 0 Å². The van der Waals surface area contributed by atoms with Gasteiger partial charge in [-0.1, -0.05) is 103 Å². The van der Waals surface area contributed by atoms with E-state index < -0.39 is 15.5 Å². The van der Waals surface area contributed by atoms with Crippen LogP contribution in [-0.2, 0) is 0 Å². The van der Waals surface area contributed by atoms with Gasteiger partial charge in [-0.05, 0) is 41.9 Å². The molecular formula is C24H29ClSi2. The fourth-order valence-electron chi connectivity index (χ4n) is 3.67. The zero-order chi connectivity index (χ0) is 19.8. The van der Waals surface area contributed by atoms with Gasteiger partial charge in [0, 0.05) is 0 Å². The number of benzene rings is 3. The predicted molar refractivity (Wildman–Crippen MR) is 127 cm³/mol. The van der Waals surface area contributed by atoms with Gasteiger partial charge >= 0.3 is 0 Å². The van der Waals surface area contributed by atoms with Crippen LogP contribution in [0.2, 0.25) is 19.6 Å². The fourth-order valence-corrected chi connectivity index (χ4v) is 9.82. The minimum Gasteiger partial charge on any atom is -0.149 e. The van der Waals surface area contributed by atoms with Gasteiger partial charge in [0.2, 0.25) is 7.38 Å². The molecule has 0 aromatic heterocycles. The summed E-state index contributed by atoms with van der Waals surface area (Å²) in [6.07, 6.45) is 0. The maximum atomic E-state index is 7.74. The standard InChI is InChI=1S/C24H29ClSi2/c1-18-12-13-20(3)24(16-18)27(25,21-10-8-7-9-11-21)23-15-19(2)14-22(17-23)26(4,5)6/h7-17H,1-6H3. The van der Waals surface area contributed by atoms with Gasteiger partial charge < -0.3 is 0 Å². The Morgan fingerprint density at radius 2 is 1.26 bits per heavy atom. The van der Waals surface area contributed by atoms with E-state index in [1.807, 2.05) is 0 Å². The van der Waals surface area contributed by atoms with Crippen molar-refractivity contribution in [2.75, 3.05) is 0 Å². The minimum atomic E-state index is -2.60. The lowest BCUT2D eigenvalue weighted by Crippen LogP contribution is -2.64. The highest BCUT2D eigenvalue weighted by Crippen LogP contribution is 2.16. The van der Waals surface area contributed by atoms with E-state index in [1.54, 1.807) is 0 Å². The fraction of sp³-hybridized carbons (Fsp3) is 0.250. The molecule has 1 unspecified atom stereocenters. The van der Waals surface area contributed by atoms with Crippen LogP contribution in [0.4, 0.5) is 0 Å². The van der Waals surface area contributed by atoms with Gasteiger partial charge in [-0.25, -0.2) is 0 Å². The molecule has 3 rings (SSSR count). The van der Waals surface area contributed by atoms with Gasteiger partial charge in [0.1, 0.15) is 0 Å². The Bertz CT molecular complexity index is 958. The second kappa shape index (κ2) is 7.42. The molecule has 0 N–H and O–H groups in total. The quantitative estimate of drug-likeness (QED) is 0.341. The third-order valence-electron chi connectivity index (χ3n) is 5.28. The molecule has 0 saturated heterocycles. The molecule has 0 saturated carbocycles. The van der Waals surface area contributed by atoms with Crippen LogP contribution in [-0.4, -0.2) is 15.5 Å². The van der Waals surface area contributed by atoms with Crippen LogP contribution >= 0.6 is 11.1 Å². The monoisotopic (exact) mass is 408 g/mol. The van der Waals surface area contributed by atoms with E-state index in [0.717, 1.165) is 0 Å². The van der Waals surface area contributed by atoms with Crippen LogP contribution in [0.5, 0.6) is 0 Å². The Morgan fingerprint density at radius 3 is 1.89 bits per heavy atom. The van der Waals surface area contributed by atoms with Crippen molar-refractivity contribution in [1.82, 2.24) is 0 Å². The van der Waals surface area contributed by atoms with Crippen LogP contribution in [0.15, 0.2) is 66.7 Å². The van der Waals surface area contributed by atoms with Crippen LogP contribution in [0.3, 0.4) is 0 Å². The van der Waals surface area contributed by atoms with E-state index in [2.05, 4.69) is 107 Å². The first-order valence-corrected chi connectivity index (χ1v) is 16.1. The number of aryl methyl sites for hydroxylation is 3. The summed E-state index contributed by atoms with van der Waals surface area (Å²) in [4.78, 5) is 0. The first-order valence-electron chi connectivity index (χ1n) is 9.57. The summed E-state index contributed by atoms with van der Waals surface area (Å²) >= 11 is 7.74. The van der Waals surface area contributed by atoms with E-state index in [9.17, 15) is 0 Å². The maximum Gasteiger partial charge on any atom is 0.248 e. The highest BCUT2D eigenvalue weighted by Gasteiger charge is 2.40. The molecule has 0 heterocycles. The summed E-state index contributed by atoms with van der Waals surface area (Å²) < 4.78 is 0. The van der Waals surface area contributed by atoms with Crippen molar-refractivity contribution in [2.24, 2.45) is 0 Å². The number of hydrogen-bond acceptors (Lipinski definition) is 0. The Labute approximate surface area is 171 Å². The second-order valence-corrected chi connectivity index (χ2v) is 18.5. The summed E-state index contributed by atoms with van der Waals surface area (Å²) in [6, 6.07) is 24.5. The molecule has 1 atom stereocenters. The Kier molecular flexibility index (Phi) is 5.53. The molecular weight excluding hydrogens is 380 g/mol. The molecule has 0 aliphatic carbocycles. The maximum absolute atomic E-state index is 7.74. The van der Waals surface area contributed by atoms with Crippen molar-refractivity contribution in [1.29, 1.82) is 0 Å². The third-order valence-corrected chi connectivity index (χ3v) is 12.7. The summed E-state index contributed by atoms with van der Waals surface area (Å²) in [7, 11) is -4.04. The molecule has 0 aliphatic heterocycles. The molecule has 3 heteroatoms. The Hall–Kier alpha value is -1.62. The largest absolute Gasteiger partial charge is 0.248 e. The molecule has 0 aliphatic rings. The van der Waals surface area contributed by atoms with E-state index in [-0.39, 0.29) is 0 Å². The first-order chi connectivity index (χ1) is 12.6. The van der Waals surface area contributed by atoms with Crippen LogP contribution < -0.4 is 20.7 Å². The summed E-state index contributed by atoms with van der Waals surface area (Å²) in [5.74, 6) is 0. The summed E-state index contributed by atoms with van der Waals surface area (Å²) in [6.45, 7) is 13.8. The highest BCUT2D eigenvalue weighted by molar-refractivity contribution is 7.40. The molecule has 0 radical (unpaired) electrons. The molecule has 27 heavy (non-hydrogen) atoms. The van der Waals surface area contributed by atoms with Crippen molar-refractivity contribution in [3.05, 3.63) is 83.4 Å². The van der Waals surface area contributed by atoms with Gasteiger partial charge in [0.15, 0.2) is 0 Å². The normalized spacial score (nSPS) is 14.0. The highest BCUT2D eigenvalue weighted by atomic mass is 35.6. The van der Waals surface area contributed by atoms with Gasteiger partial charge in [0.05, 0.1) is 8.07 Å². The van der Waals surface area contributed by atoms with Gasteiger partial charge in [-0.15, -0.1) is 11.1 Å². The van der Waals surface area contributed by atoms with Crippen molar-refractivity contribution >= 4 is 47.3 Å². The van der Waals surface area contributed by atoms with Gasteiger partial charge in [0.25, 0.3) is 0 Å². The van der Waals surface area contributed by atoms with Crippen molar-refractivity contribution in [2.45, 2.75) is 40.4 Å². The van der Waals surface area contributed by atoms with E-state index >= 15 is 0 Å². The average molecular weight is 409 g/mol. The SMILES string of the molecule is Cc1cc([Si](C)(C)C)cc([Si](Cl)(c2ccccc2)c2cc(C)ccc2C)c1. The lowest BCUT2D eigenvalue weighted by molar-refractivity contribution is 1.42. The number of halogens is 1. The first kappa shape index (κ1) is 20.1. The minimum absolute atomic E-state index is 1.26. The topological polar surface area (TPSA) is 0 Å². The molecule has 0 bridgehead atoms. The van der Waals surface area contributed by atoms with Gasteiger partial charge in [-0.3, -0.25) is 0 Å². The zero-order valence-electron chi connectivity index (χ0n) is 17.2. The second-order valence-electron chi connectivity index (χ2n) is 8.68. The molecule has 0 amide bonds. The number of hydrogen-bond donors (Lipinski definition) is 0. The number of rotatable bonds is 4. The summed E-state index contributed by atoms with van der Waals surface area (Å²) in [5, 5.41) is 5.35. The van der Waals surface area contributed by atoms with Crippen molar-refractivity contribution in [3.8, 4) is 0 Å². The molecule has 0 fully saturated rings. The predicted octanol–water partition coefficient (Wildman–Crippen LogP) is 4.36. The third kappa shape index (κ3) is 3.98. The van der Waals surface area contributed by atoms with E-state index in [1.165, 1.54) is 37.4 Å². The van der Waals surface area contributed by atoms with Crippen LogP contribution in [0.1, 0.15) is 16.7 Å². The molecule has 3 aromatic carbocycles. The zero-order valence-corrected chi connectivity index (χ0v) is 20.0. The van der Waals surface area contributed by atoms with E-state index in [4.69, 9.17) is 11.1 Å². The lowest BCUT2D eigenvalue weighted by Gasteiger charge is -2.30. The Morgan fingerprint density at radius 1 is 0.630 bits per heavy atom. The van der Waals surface area contributed by atoms with E-state index in [0.29, 0.717) is 0 Å². The smallest absolute Gasteiger partial charge is 0.149 e. The van der Waals surface area contributed by atoms with Crippen LogP contribution in [0, 0.1) is 20.8 Å². The Balaban J connectivity index is 2.36. The molecule has 0 spiro atoms. The molecule has 0 nitrogen and oxygen atoms in total. The molecule has 140 valence electrons. The van der Waals surface area contributed by atoms with Crippen molar-refractivity contribution < 1.29 is 0 Å². The van der Waals surface area contributed by atoms with Crippen LogP contribution in [0.25, 0.3) is 0 Å².